The van der Waals surface area contributed by atoms with E-state index in [9.17, 15) is 13.6 Å². The Labute approximate surface area is 139 Å². The van der Waals surface area contributed by atoms with Gasteiger partial charge in [-0.1, -0.05) is 39.0 Å². The van der Waals surface area contributed by atoms with Gasteiger partial charge in [0.05, 0.1) is 5.75 Å². The predicted molar refractivity (Wildman–Crippen MR) is 90.9 cm³/mol. The van der Waals surface area contributed by atoms with E-state index < -0.39 is 23.2 Å². The van der Waals surface area contributed by atoms with Crippen molar-refractivity contribution in [2.45, 2.75) is 31.1 Å². The molecule has 0 saturated carbocycles. The average Bonchev–Trinajstić information content (AvgIpc) is 2.48. The Bertz CT molecular complexity index is 673. The number of hydrogen-bond acceptors (Lipinski definition) is 2. The number of thioether (sulfide) groups is 1. The minimum atomic E-state index is -0.780. The maximum absolute atomic E-state index is 13.5. The van der Waals surface area contributed by atoms with Crippen LogP contribution in [0.5, 0.6) is 0 Å². The number of amides is 1. The highest BCUT2D eigenvalue weighted by Crippen LogP contribution is 2.26. The van der Waals surface area contributed by atoms with Crippen molar-refractivity contribution in [2.24, 2.45) is 0 Å². The van der Waals surface area contributed by atoms with Gasteiger partial charge in [0.1, 0.15) is 17.3 Å². The summed E-state index contributed by atoms with van der Waals surface area (Å²) in [5.74, 6) is -1.92. The summed E-state index contributed by atoms with van der Waals surface area (Å²) in [6.45, 7) is 6.39. The molecule has 0 fully saturated rings. The van der Waals surface area contributed by atoms with E-state index in [1.54, 1.807) is 0 Å². The Hall–Kier alpha value is -1.88. The molecule has 23 heavy (non-hydrogen) atoms. The average molecular weight is 335 g/mol. The second-order valence-electron chi connectivity index (χ2n) is 6.21. The third-order valence-corrected chi connectivity index (χ3v) is 4.33. The van der Waals surface area contributed by atoms with Crippen LogP contribution in [0.25, 0.3) is 0 Å². The molecule has 0 aromatic heterocycles. The first-order valence-electron chi connectivity index (χ1n) is 7.24. The molecule has 122 valence electrons. The predicted octanol–water partition coefficient (Wildman–Crippen LogP) is 4.99. The largest absolute Gasteiger partial charge is 0.320 e. The number of hydrogen-bond donors (Lipinski definition) is 1. The summed E-state index contributed by atoms with van der Waals surface area (Å²) in [7, 11) is 0. The van der Waals surface area contributed by atoms with Gasteiger partial charge in [0.25, 0.3) is 0 Å². The van der Waals surface area contributed by atoms with Crippen molar-refractivity contribution in [3.63, 3.8) is 0 Å². The number of anilines is 1. The molecule has 0 bridgehead atoms. The van der Waals surface area contributed by atoms with Crippen LogP contribution >= 0.6 is 11.8 Å². The number of nitrogens with one attached hydrogen (secondary N) is 1. The lowest BCUT2D eigenvalue weighted by atomic mass is 9.87. The van der Waals surface area contributed by atoms with E-state index in [1.807, 2.05) is 24.3 Å². The Morgan fingerprint density at radius 3 is 2.13 bits per heavy atom. The number of halogens is 2. The fourth-order valence-electron chi connectivity index (χ4n) is 1.99. The molecule has 1 amide bonds. The zero-order valence-corrected chi connectivity index (χ0v) is 14.1. The maximum Gasteiger partial charge on any atom is 0.234 e. The second kappa shape index (κ2) is 7.13. The quantitative estimate of drug-likeness (QED) is 0.797. The van der Waals surface area contributed by atoms with Crippen LogP contribution in [0.15, 0.2) is 47.4 Å². The SMILES string of the molecule is CC(C)(C)c1ccc(SCC(=O)Nc2c(F)cccc2F)cc1. The number of carbonyl (C=O) groups excluding carboxylic acids is 1. The standard InChI is InChI=1S/C18H19F2NOS/c1-18(2,3)12-7-9-13(10-8-12)23-11-16(22)21-17-14(19)5-4-6-15(17)20/h4-10H,11H2,1-3H3,(H,21,22). The van der Waals surface area contributed by atoms with Gasteiger partial charge in [-0.15, -0.1) is 11.8 Å². The van der Waals surface area contributed by atoms with E-state index in [0.29, 0.717) is 0 Å². The molecule has 0 aliphatic carbocycles. The minimum Gasteiger partial charge on any atom is -0.320 e. The third-order valence-electron chi connectivity index (χ3n) is 3.32. The molecule has 0 radical (unpaired) electrons. The normalized spacial score (nSPS) is 11.3. The summed E-state index contributed by atoms with van der Waals surface area (Å²) in [4.78, 5) is 12.8. The molecule has 1 N–H and O–H groups in total. The van der Waals surface area contributed by atoms with Gasteiger partial charge in [-0.2, -0.15) is 0 Å². The summed E-state index contributed by atoms with van der Waals surface area (Å²) >= 11 is 1.32. The lowest BCUT2D eigenvalue weighted by Gasteiger charge is -2.19. The van der Waals surface area contributed by atoms with E-state index in [4.69, 9.17) is 0 Å². The van der Waals surface area contributed by atoms with Crippen molar-refractivity contribution in [2.75, 3.05) is 11.1 Å². The second-order valence-corrected chi connectivity index (χ2v) is 7.26. The molecule has 2 aromatic rings. The van der Waals surface area contributed by atoms with Gasteiger partial charge < -0.3 is 5.32 Å². The first-order valence-corrected chi connectivity index (χ1v) is 8.23. The molecule has 0 heterocycles. The highest BCUT2D eigenvalue weighted by Gasteiger charge is 2.14. The van der Waals surface area contributed by atoms with E-state index in [1.165, 1.54) is 23.4 Å². The molecule has 0 saturated heterocycles. The first-order chi connectivity index (χ1) is 10.8. The number of rotatable bonds is 4. The van der Waals surface area contributed by atoms with Crippen LogP contribution in [0, 0.1) is 11.6 Å². The Kier molecular flexibility index (Phi) is 5.42. The van der Waals surface area contributed by atoms with Crippen LogP contribution in [-0.4, -0.2) is 11.7 Å². The van der Waals surface area contributed by atoms with Crippen molar-refractivity contribution < 1.29 is 13.6 Å². The van der Waals surface area contributed by atoms with Gasteiger partial charge in [0.15, 0.2) is 0 Å². The highest BCUT2D eigenvalue weighted by atomic mass is 32.2. The van der Waals surface area contributed by atoms with Crippen LogP contribution in [-0.2, 0) is 10.2 Å². The first kappa shape index (κ1) is 17.5. The van der Waals surface area contributed by atoms with E-state index in [2.05, 4.69) is 26.1 Å². The molecule has 0 atom stereocenters. The molecule has 0 aliphatic heterocycles. The molecule has 2 rings (SSSR count). The fourth-order valence-corrected chi connectivity index (χ4v) is 2.69. The number of carbonyl (C=O) groups is 1. The third kappa shape index (κ3) is 4.79. The minimum absolute atomic E-state index is 0.0724. The van der Waals surface area contributed by atoms with E-state index in [-0.39, 0.29) is 11.2 Å². The molecule has 5 heteroatoms. The van der Waals surface area contributed by atoms with Crippen LogP contribution in [0.4, 0.5) is 14.5 Å². The summed E-state index contributed by atoms with van der Waals surface area (Å²) in [5.41, 5.74) is 0.879. The van der Waals surface area contributed by atoms with Gasteiger partial charge in [-0.3, -0.25) is 4.79 Å². The van der Waals surface area contributed by atoms with E-state index >= 15 is 0 Å². The number of benzene rings is 2. The van der Waals surface area contributed by atoms with Crippen LogP contribution < -0.4 is 5.32 Å². The zero-order chi connectivity index (χ0) is 17.0. The van der Waals surface area contributed by atoms with Gasteiger partial charge in [-0.05, 0) is 35.2 Å². The topological polar surface area (TPSA) is 29.1 Å². The van der Waals surface area contributed by atoms with Crippen molar-refractivity contribution >= 4 is 23.4 Å². The molecule has 0 unspecified atom stereocenters. The summed E-state index contributed by atoms with van der Waals surface area (Å²) in [6, 6.07) is 11.4. The van der Waals surface area contributed by atoms with Gasteiger partial charge in [-0.25, -0.2) is 8.78 Å². The molecule has 2 aromatic carbocycles. The molecule has 0 spiro atoms. The van der Waals surface area contributed by atoms with Crippen molar-refractivity contribution in [1.82, 2.24) is 0 Å². The molecular formula is C18H19F2NOS. The number of para-hydroxylation sites is 1. The van der Waals surface area contributed by atoms with Crippen molar-refractivity contribution in [1.29, 1.82) is 0 Å². The smallest absolute Gasteiger partial charge is 0.234 e. The fraction of sp³-hybridized carbons (Fsp3) is 0.278. The van der Waals surface area contributed by atoms with Crippen LogP contribution in [0.2, 0.25) is 0 Å². The molecule has 2 nitrogen and oxygen atoms in total. The Morgan fingerprint density at radius 2 is 1.61 bits per heavy atom. The molecule has 0 aliphatic rings. The van der Waals surface area contributed by atoms with Crippen molar-refractivity contribution in [3.05, 3.63) is 59.7 Å². The van der Waals surface area contributed by atoms with Crippen molar-refractivity contribution in [3.8, 4) is 0 Å². The zero-order valence-electron chi connectivity index (χ0n) is 13.3. The lowest BCUT2D eigenvalue weighted by molar-refractivity contribution is -0.113. The summed E-state index contributed by atoms with van der Waals surface area (Å²) in [5, 5.41) is 2.27. The van der Waals surface area contributed by atoms with Crippen LogP contribution in [0.1, 0.15) is 26.3 Å². The summed E-state index contributed by atoms with van der Waals surface area (Å²) < 4.78 is 26.9. The van der Waals surface area contributed by atoms with Gasteiger partial charge in [0.2, 0.25) is 5.91 Å². The lowest BCUT2D eigenvalue weighted by Crippen LogP contribution is -2.16. The maximum atomic E-state index is 13.5. The van der Waals surface area contributed by atoms with E-state index in [0.717, 1.165) is 17.0 Å². The van der Waals surface area contributed by atoms with Gasteiger partial charge >= 0.3 is 0 Å². The Balaban J connectivity index is 1.94. The summed E-state index contributed by atoms with van der Waals surface area (Å²) in [6.07, 6.45) is 0. The monoisotopic (exact) mass is 335 g/mol. The highest BCUT2D eigenvalue weighted by molar-refractivity contribution is 8.00. The van der Waals surface area contributed by atoms with Crippen LogP contribution in [0.3, 0.4) is 0 Å². The molecular weight excluding hydrogens is 316 g/mol. The Morgan fingerprint density at radius 1 is 1.04 bits per heavy atom. The van der Waals surface area contributed by atoms with Gasteiger partial charge in [0, 0.05) is 4.90 Å².